The van der Waals surface area contributed by atoms with Crippen LogP contribution < -0.4 is 0 Å². The molecule has 0 fully saturated rings. The highest BCUT2D eigenvalue weighted by molar-refractivity contribution is 5.80. The molecule has 0 nitrogen and oxygen atoms in total. The predicted octanol–water partition coefficient (Wildman–Crippen LogP) is 5.10. The molecule has 0 saturated heterocycles. The van der Waals surface area contributed by atoms with Gasteiger partial charge in [0.25, 0.3) is 0 Å². The van der Waals surface area contributed by atoms with Gasteiger partial charge in [-0.25, -0.2) is 0 Å². The van der Waals surface area contributed by atoms with Gasteiger partial charge in [-0.2, -0.15) is 26.3 Å². The molecule has 0 saturated carbocycles. The molecule has 0 unspecified atom stereocenters. The van der Waals surface area contributed by atoms with E-state index in [9.17, 15) is 26.3 Å². The first-order valence-corrected chi connectivity index (χ1v) is 6.00. The van der Waals surface area contributed by atoms with Gasteiger partial charge in [0.1, 0.15) is 0 Å². The average Bonchev–Trinajstić information content (AvgIpc) is 2.73. The Morgan fingerprint density at radius 2 is 1.52 bits per heavy atom. The Morgan fingerprint density at radius 1 is 0.857 bits per heavy atom. The maximum absolute atomic E-state index is 13.1. The van der Waals surface area contributed by atoms with Crippen LogP contribution in [0.15, 0.2) is 30.3 Å². The molecule has 0 N–H and O–H groups in total. The van der Waals surface area contributed by atoms with E-state index in [0.29, 0.717) is 11.1 Å². The molecule has 21 heavy (non-hydrogen) atoms. The predicted molar refractivity (Wildman–Crippen MR) is 63.5 cm³/mol. The minimum atomic E-state index is -4.89. The smallest absolute Gasteiger partial charge is 0.166 e. The zero-order valence-corrected chi connectivity index (χ0v) is 10.4. The summed E-state index contributed by atoms with van der Waals surface area (Å²) in [5.74, 6) is 0. The normalized spacial score (nSPS) is 14.0. The Balaban J connectivity index is 2.31. The summed E-state index contributed by atoms with van der Waals surface area (Å²) in [6.07, 6.45) is -9.68. The quantitative estimate of drug-likeness (QED) is 0.507. The van der Waals surface area contributed by atoms with Crippen LogP contribution in [0.2, 0.25) is 0 Å². The summed E-state index contributed by atoms with van der Waals surface area (Å²) in [5.41, 5.74) is -1.98. The van der Waals surface area contributed by atoms with Crippen molar-refractivity contribution in [1.82, 2.24) is 0 Å². The summed E-state index contributed by atoms with van der Waals surface area (Å²) in [6, 6.07) is 8.57. The van der Waals surface area contributed by atoms with Gasteiger partial charge in [-0.15, -0.1) is 0 Å². The monoisotopic (exact) mass is 301 g/mol. The molecular weight excluding hydrogens is 294 g/mol. The second kappa shape index (κ2) is 4.26. The van der Waals surface area contributed by atoms with Crippen LogP contribution in [0.4, 0.5) is 26.3 Å². The summed E-state index contributed by atoms with van der Waals surface area (Å²) in [6.45, 7) is 0. The van der Waals surface area contributed by atoms with Crippen LogP contribution in [0, 0.1) is 6.07 Å². The van der Waals surface area contributed by atoms with Crippen molar-refractivity contribution in [3.8, 4) is 11.1 Å². The van der Waals surface area contributed by atoms with Gasteiger partial charge in [0.15, 0.2) is 0 Å². The molecule has 1 aliphatic carbocycles. The van der Waals surface area contributed by atoms with E-state index < -0.39 is 23.5 Å². The Hall–Kier alpha value is -1.98. The van der Waals surface area contributed by atoms with Gasteiger partial charge in [0.05, 0.1) is 11.1 Å². The van der Waals surface area contributed by atoms with Crippen LogP contribution >= 0.6 is 0 Å². The average molecular weight is 301 g/mol. The van der Waals surface area contributed by atoms with E-state index in [0.717, 1.165) is 6.07 Å². The third-order valence-electron chi connectivity index (χ3n) is 3.41. The van der Waals surface area contributed by atoms with Gasteiger partial charge in [0, 0.05) is 6.07 Å². The fraction of sp³-hybridized carbons (Fsp3) is 0.200. The molecule has 2 aromatic rings. The van der Waals surface area contributed by atoms with Crippen LogP contribution in [0.3, 0.4) is 0 Å². The fourth-order valence-electron chi connectivity index (χ4n) is 2.58. The zero-order valence-electron chi connectivity index (χ0n) is 10.4. The van der Waals surface area contributed by atoms with E-state index in [1.807, 2.05) is 0 Å². The summed E-state index contributed by atoms with van der Waals surface area (Å²) in [7, 11) is 0. The zero-order chi connectivity index (χ0) is 15.4. The van der Waals surface area contributed by atoms with Crippen molar-refractivity contribution in [2.75, 3.05) is 0 Å². The third-order valence-corrected chi connectivity index (χ3v) is 3.41. The van der Waals surface area contributed by atoms with Gasteiger partial charge in [-0.05, 0) is 34.7 Å². The minimum Gasteiger partial charge on any atom is -0.166 e. The fourth-order valence-corrected chi connectivity index (χ4v) is 2.58. The Labute approximate surface area is 116 Å². The first-order chi connectivity index (χ1) is 9.68. The molecule has 109 valence electrons. The number of rotatable bonds is 0. The molecule has 0 atom stereocenters. The third kappa shape index (κ3) is 2.28. The lowest BCUT2D eigenvalue weighted by molar-refractivity contribution is -0.143. The summed E-state index contributed by atoms with van der Waals surface area (Å²) in [5, 5.41) is 0. The Morgan fingerprint density at radius 3 is 2.14 bits per heavy atom. The van der Waals surface area contributed by atoms with Gasteiger partial charge >= 0.3 is 12.4 Å². The summed E-state index contributed by atoms with van der Waals surface area (Å²) >= 11 is 0. The van der Waals surface area contributed by atoms with Crippen molar-refractivity contribution >= 4 is 0 Å². The Kier molecular flexibility index (Phi) is 2.83. The van der Waals surface area contributed by atoms with E-state index in [1.165, 1.54) is 12.1 Å². The van der Waals surface area contributed by atoms with Crippen molar-refractivity contribution in [1.29, 1.82) is 0 Å². The molecule has 1 radical (unpaired) electrons. The second-order valence-corrected chi connectivity index (χ2v) is 4.79. The lowest BCUT2D eigenvalue weighted by atomic mass is 9.96. The molecule has 2 aromatic carbocycles. The van der Waals surface area contributed by atoms with E-state index in [4.69, 9.17) is 0 Å². The highest BCUT2D eigenvalue weighted by Gasteiger charge is 2.41. The van der Waals surface area contributed by atoms with E-state index in [-0.39, 0.29) is 17.5 Å². The van der Waals surface area contributed by atoms with Crippen LogP contribution in [0.25, 0.3) is 11.1 Å². The minimum absolute atomic E-state index is 0.0367. The molecule has 1 aliphatic rings. The molecule has 3 rings (SSSR count). The molecule has 0 aromatic heterocycles. The lowest BCUT2D eigenvalue weighted by Crippen LogP contribution is -2.13. The number of benzene rings is 2. The number of alkyl halides is 6. The van der Waals surface area contributed by atoms with Gasteiger partial charge in [-0.1, -0.05) is 24.3 Å². The highest BCUT2D eigenvalue weighted by Crippen LogP contribution is 2.47. The van der Waals surface area contributed by atoms with Gasteiger partial charge < -0.3 is 0 Å². The standard InChI is InChI=1S/C15H7F6/c16-14(17,18)10-6-9-5-8-3-1-2-4-11(8)13(9)12(7-10)15(19,20)21/h1-4,6H,5H2. The topological polar surface area (TPSA) is 0 Å². The van der Waals surface area contributed by atoms with Gasteiger partial charge in [-0.3, -0.25) is 0 Å². The van der Waals surface area contributed by atoms with Crippen molar-refractivity contribution in [2.45, 2.75) is 18.8 Å². The first kappa shape index (κ1) is 14.0. The summed E-state index contributed by atoms with van der Waals surface area (Å²) < 4.78 is 77.6. The van der Waals surface area contributed by atoms with Crippen LogP contribution in [0.5, 0.6) is 0 Å². The maximum Gasteiger partial charge on any atom is 0.417 e. The molecule has 0 aliphatic heterocycles. The van der Waals surface area contributed by atoms with Crippen molar-refractivity contribution in [2.24, 2.45) is 0 Å². The number of hydrogen-bond acceptors (Lipinski definition) is 0. The van der Waals surface area contributed by atoms with Crippen LogP contribution in [0.1, 0.15) is 22.3 Å². The summed E-state index contributed by atoms with van der Waals surface area (Å²) in [4.78, 5) is 0. The molecule has 6 heteroatoms. The van der Waals surface area contributed by atoms with E-state index >= 15 is 0 Å². The maximum atomic E-state index is 13.1. The molecule has 0 amide bonds. The lowest BCUT2D eigenvalue weighted by Gasteiger charge is -2.16. The van der Waals surface area contributed by atoms with Gasteiger partial charge in [0.2, 0.25) is 0 Å². The number of halogens is 6. The van der Waals surface area contributed by atoms with Crippen LogP contribution in [-0.2, 0) is 18.8 Å². The van der Waals surface area contributed by atoms with E-state index in [2.05, 4.69) is 0 Å². The number of fused-ring (bicyclic) bond motifs is 3. The van der Waals surface area contributed by atoms with Crippen molar-refractivity contribution in [3.63, 3.8) is 0 Å². The molecular formula is C15H7F6. The Bertz CT molecular complexity index is 709. The van der Waals surface area contributed by atoms with Crippen molar-refractivity contribution < 1.29 is 26.3 Å². The first-order valence-electron chi connectivity index (χ1n) is 6.00. The largest absolute Gasteiger partial charge is 0.417 e. The number of hydrogen-bond donors (Lipinski definition) is 0. The molecule has 0 spiro atoms. The molecule has 0 heterocycles. The second-order valence-electron chi connectivity index (χ2n) is 4.79. The molecule has 0 bridgehead atoms. The highest BCUT2D eigenvalue weighted by atomic mass is 19.4. The SMILES string of the molecule is FC(F)(F)c1[c]c(C(F)(F)F)c2c(c1)Cc1ccccc1-2. The van der Waals surface area contributed by atoms with E-state index in [1.54, 1.807) is 18.2 Å². The van der Waals surface area contributed by atoms with Crippen molar-refractivity contribution in [3.05, 3.63) is 58.7 Å². The van der Waals surface area contributed by atoms with Crippen LogP contribution in [-0.4, -0.2) is 0 Å².